The van der Waals surface area contributed by atoms with Gasteiger partial charge in [-0.2, -0.15) is 13.2 Å². The highest BCUT2D eigenvalue weighted by atomic mass is 19.4. The zero-order chi connectivity index (χ0) is 15.2. The minimum atomic E-state index is -4.41. The maximum Gasteiger partial charge on any atom is 0.405 e. The van der Waals surface area contributed by atoms with Crippen LogP contribution >= 0.6 is 0 Å². The summed E-state index contributed by atoms with van der Waals surface area (Å²) in [7, 11) is 0. The lowest BCUT2D eigenvalue weighted by atomic mass is 10.1. The average molecular weight is 292 g/mol. The molecule has 0 saturated heterocycles. The van der Waals surface area contributed by atoms with E-state index in [1.165, 1.54) is 12.1 Å². The van der Waals surface area contributed by atoms with Gasteiger partial charge in [-0.05, 0) is 31.0 Å². The zero-order valence-corrected chi connectivity index (χ0v) is 10.9. The van der Waals surface area contributed by atoms with E-state index in [4.69, 9.17) is 0 Å². The Balaban J connectivity index is 2.27. The number of carbonyl (C=O) groups is 1. The fourth-order valence-electron chi connectivity index (χ4n) is 1.57. The number of hydrogen-bond acceptors (Lipinski definition) is 2. The molecule has 1 aromatic carbocycles. The van der Waals surface area contributed by atoms with E-state index in [9.17, 15) is 22.4 Å². The van der Waals surface area contributed by atoms with E-state index in [0.29, 0.717) is 6.42 Å². The molecular formula is C13H16F4N2O. The highest BCUT2D eigenvalue weighted by Gasteiger charge is 2.27. The largest absolute Gasteiger partial charge is 0.405 e. The molecule has 0 spiro atoms. The van der Waals surface area contributed by atoms with E-state index in [1.54, 1.807) is 24.4 Å². The third-order valence-electron chi connectivity index (χ3n) is 2.55. The number of amides is 1. The van der Waals surface area contributed by atoms with Gasteiger partial charge in [-0.25, -0.2) is 4.39 Å². The second-order valence-corrected chi connectivity index (χ2v) is 4.50. The summed E-state index contributed by atoms with van der Waals surface area (Å²) in [5.41, 5.74) is 0.877. The lowest BCUT2D eigenvalue weighted by molar-refractivity contribution is -0.137. The maximum absolute atomic E-state index is 12.7. The molecule has 20 heavy (non-hydrogen) atoms. The summed E-state index contributed by atoms with van der Waals surface area (Å²) in [5, 5.41) is 4.58. The van der Waals surface area contributed by atoms with Gasteiger partial charge in [0.15, 0.2) is 0 Å². The van der Waals surface area contributed by atoms with E-state index >= 15 is 0 Å². The first-order valence-electron chi connectivity index (χ1n) is 6.07. The van der Waals surface area contributed by atoms with Crippen LogP contribution in [-0.4, -0.2) is 31.2 Å². The molecule has 112 valence electrons. The highest BCUT2D eigenvalue weighted by molar-refractivity contribution is 5.78. The molecule has 0 saturated carbocycles. The number of hydrogen-bond donors (Lipinski definition) is 2. The first-order chi connectivity index (χ1) is 9.26. The quantitative estimate of drug-likeness (QED) is 0.788. The first-order valence-corrected chi connectivity index (χ1v) is 6.07. The topological polar surface area (TPSA) is 41.1 Å². The molecule has 1 rings (SSSR count). The van der Waals surface area contributed by atoms with Crippen LogP contribution in [0.25, 0.3) is 0 Å². The van der Waals surface area contributed by atoms with Gasteiger partial charge in [0.05, 0.1) is 6.54 Å². The minimum absolute atomic E-state index is 0.114. The van der Waals surface area contributed by atoms with Crippen molar-refractivity contribution in [2.45, 2.75) is 25.6 Å². The molecule has 3 nitrogen and oxygen atoms in total. The molecule has 1 aromatic rings. The molecule has 0 heterocycles. The fourth-order valence-corrected chi connectivity index (χ4v) is 1.57. The van der Waals surface area contributed by atoms with Crippen LogP contribution in [0.4, 0.5) is 17.6 Å². The normalized spacial score (nSPS) is 13.1. The number of benzene rings is 1. The summed E-state index contributed by atoms with van der Waals surface area (Å²) in [4.78, 5) is 11.2. The second-order valence-electron chi connectivity index (χ2n) is 4.50. The Labute approximate surface area is 114 Å². The van der Waals surface area contributed by atoms with Gasteiger partial charge >= 0.3 is 6.18 Å². The molecule has 0 aromatic heterocycles. The number of alkyl halides is 3. The Hall–Kier alpha value is -1.63. The van der Waals surface area contributed by atoms with Crippen LogP contribution in [0.1, 0.15) is 12.5 Å². The minimum Gasteiger partial charge on any atom is -0.346 e. The van der Waals surface area contributed by atoms with Crippen molar-refractivity contribution in [3.8, 4) is 0 Å². The molecule has 0 aliphatic carbocycles. The summed E-state index contributed by atoms with van der Waals surface area (Å²) in [5.74, 6) is -1.05. The van der Waals surface area contributed by atoms with Crippen molar-refractivity contribution in [3.63, 3.8) is 0 Å². The number of carbonyl (C=O) groups excluding carboxylic acids is 1. The second kappa shape index (κ2) is 7.23. The summed E-state index contributed by atoms with van der Waals surface area (Å²) in [6.07, 6.45) is -3.86. The standard InChI is InChI=1S/C13H16F4N2O/c1-9(6-10-2-4-11(14)5-3-10)18-7-12(20)19-8-13(15,16)17/h2-5,9,18H,6-8H2,1H3,(H,19,20). The molecule has 0 radical (unpaired) electrons. The van der Waals surface area contributed by atoms with Crippen LogP contribution in [0.15, 0.2) is 24.3 Å². The monoisotopic (exact) mass is 292 g/mol. The van der Waals surface area contributed by atoms with Crippen molar-refractivity contribution < 1.29 is 22.4 Å². The van der Waals surface area contributed by atoms with Crippen LogP contribution in [0.2, 0.25) is 0 Å². The zero-order valence-electron chi connectivity index (χ0n) is 10.9. The van der Waals surface area contributed by atoms with Crippen molar-refractivity contribution in [1.82, 2.24) is 10.6 Å². The van der Waals surface area contributed by atoms with Crippen LogP contribution in [0.3, 0.4) is 0 Å². The predicted molar refractivity (Wildman–Crippen MR) is 66.6 cm³/mol. The van der Waals surface area contributed by atoms with Crippen molar-refractivity contribution in [3.05, 3.63) is 35.6 Å². The number of halogens is 4. The average Bonchev–Trinajstić information content (AvgIpc) is 2.36. The Bertz CT molecular complexity index is 431. The Morgan fingerprint density at radius 2 is 1.85 bits per heavy atom. The van der Waals surface area contributed by atoms with Crippen LogP contribution in [-0.2, 0) is 11.2 Å². The Morgan fingerprint density at radius 1 is 1.25 bits per heavy atom. The summed E-state index contributed by atoms with van der Waals surface area (Å²) < 4.78 is 48.3. The van der Waals surface area contributed by atoms with Crippen LogP contribution < -0.4 is 10.6 Å². The highest BCUT2D eigenvalue weighted by Crippen LogP contribution is 2.11. The van der Waals surface area contributed by atoms with Crippen molar-refractivity contribution in [1.29, 1.82) is 0 Å². The van der Waals surface area contributed by atoms with Crippen LogP contribution in [0.5, 0.6) is 0 Å². The van der Waals surface area contributed by atoms with Gasteiger partial charge in [-0.3, -0.25) is 4.79 Å². The van der Waals surface area contributed by atoms with Gasteiger partial charge in [0, 0.05) is 6.04 Å². The van der Waals surface area contributed by atoms with E-state index in [-0.39, 0.29) is 18.4 Å². The van der Waals surface area contributed by atoms with E-state index < -0.39 is 18.6 Å². The van der Waals surface area contributed by atoms with E-state index in [0.717, 1.165) is 5.56 Å². The van der Waals surface area contributed by atoms with Gasteiger partial charge < -0.3 is 10.6 Å². The summed E-state index contributed by atoms with van der Waals surface area (Å²) >= 11 is 0. The smallest absolute Gasteiger partial charge is 0.346 e. The lowest BCUT2D eigenvalue weighted by Crippen LogP contribution is -2.42. The fraction of sp³-hybridized carbons (Fsp3) is 0.462. The molecular weight excluding hydrogens is 276 g/mol. The first kappa shape index (κ1) is 16.4. The van der Waals surface area contributed by atoms with Gasteiger partial charge in [-0.1, -0.05) is 12.1 Å². The van der Waals surface area contributed by atoms with Crippen molar-refractivity contribution >= 4 is 5.91 Å². The molecule has 1 unspecified atom stereocenters. The van der Waals surface area contributed by atoms with E-state index in [1.807, 2.05) is 0 Å². The molecule has 1 atom stereocenters. The summed E-state index contributed by atoms with van der Waals surface area (Å²) in [6, 6.07) is 5.79. The van der Waals surface area contributed by atoms with Crippen LogP contribution in [0, 0.1) is 5.82 Å². The third-order valence-corrected chi connectivity index (χ3v) is 2.55. The van der Waals surface area contributed by atoms with Crippen molar-refractivity contribution in [2.75, 3.05) is 13.1 Å². The lowest BCUT2D eigenvalue weighted by Gasteiger charge is -2.14. The van der Waals surface area contributed by atoms with E-state index in [2.05, 4.69) is 5.32 Å². The van der Waals surface area contributed by atoms with Gasteiger partial charge in [0.2, 0.25) is 5.91 Å². The third kappa shape index (κ3) is 7.08. The van der Waals surface area contributed by atoms with Crippen molar-refractivity contribution in [2.24, 2.45) is 0 Å². The van der Waals surface area contributed by atoms with Gasteiger partial charge in [0.1, 0.15) is 12.4 Å². The Kier molecular flexibility index (Phi) is 5.94. The number of rotatable bonds is 6. The molecule has 1 amide bonds. The number of nitrogens with one attached hydrogen (secondary N) is 2. The summed E-state index contributed by atoms with van der Waals surface area (Å²) in [6.45, 7) is 0.263. The van der Waals surface area contributed by atoms with Gasteiger partial charge in [0.25, 0.3) is 0 Å². The predicted octanol–water partition coefficient (Wildman–Crippen LogP) is 2.02. The Morgan fingerprint density at radius 3 is 2.40 bits per heavy atom. The SMILES string of the molecule is CC(Cc1ccc(F)cc1)NCC(=O)NCC(F)(F)F. The molecule has 2 N–H and O–H groups in total. The molecule has 0 aliphatic heterocycles. The molecule has 0 aliphatic rings. The molecule has 0 fully saturated rings. The molecule has 0 bridgehead atoms. The molecule has 7 heteroatoms. The maximum atomic E-state index is 12.7. The van der Waals surface area contributed by atoms with Gasteiger partial charge in [-0.15, -0.1) is 0 Å².